The molecule has 1 N–H and O–H groups in total. The Morgan fingerprint density at radius 3 is 3.11 bits per heavy atom. The zero-order valence-corrected chi connectivity index (χ0v) is 12.3. The third-order valence-corrected chi connectivity index (χ3v) is 4.11. The summed E-state index contributed by atoms with van der Waals surface area (Å²) in [5, 5.41) is 3.39. The third kappa shape index (κ3) is 3.78. The van der Waals surface area contributed by atoms with E-state index >= 15 is 0 Å². The van der Waals surface area contributed by atoms with Crippen LogP contribution in [-0.2, 0) is 11.3 Å². The van der Waals surface area contributed by atoms with Gasteiger partial charge in [0.15, 0.2) is 0 Å². The number of piperidine rings is 1. The first-order valence-corrected chi connectivity index (χ1v) is 7.13. The number of hydrogen-bond donors (Lipinski definition) is 1. The van der Waals surface area contributed by atoms with E-state index in [4.69, 9.17) is 4.74 Å². The molecule has 2 rings (SSSR count). The number of nitrogens with one attached hydrogen (secondary N) is 1. The zero-order chi connectivity index (χ0) is 13.7. The van der Waals surface area contributed by atoms with Gasteiger partial charge in [-0.1, -0.05) is 0 Å². The van der Waals surface area contributed by atoms with Gasteiger partial charge in [0, 0.05) is 45.0 Å². The molecule has 0 aliphatic carbocycles. The summed E-state index contributed by atoms with van der Waals surface area (Å²) in [6, 6.07) is 1.24. The van der Waals surface area contributed by atoms with Crippen molar-refractivity contribution in [2.75, 3.05) is 33.9 Å². The minimum atomic E-state index is 0.591. The summed E-state index contributed by atoms with van der Waals surface area (Å²) in [5.41, 5.74) is 1.28. The summed E-state index contributed by atoms with van der Waals surface area (Å²) >= 11 is 0. The molecule has 0 saturated carbocycles. The van der Waals surface area contributed by atoms with Crippen LogP contribution in [-0.4, -0.2) is 54.3 Å². The fourth-order valence-electron chi connectivity index (χ4n) is 2.71. The smallest absolute Gasteiger partial charge is 0.0951 e. The van der Waals surface area contributed by atoms with E-state index in [1.807, 2.05) is 12.5 Å². The first-order valence-electron chi connectivity index (χ1n) is 7.13. The Kier molecular flexibility index (Phi) is 5.36. The lowest BCUT2D eigenvalue weighted by atomic mass is 9.98. The fourth-order valence-corrected chi connectivity index (χ4v) is 2.71. The molecule has 0 spiro atoms. The van der Waals surface area contributed by atoms with Gasteiger partial charge in [0.1, 0.15) is 0 Å². The number of rotatable bonds is 6. The standard InChI is InChI=1S/C14H26N4O/c1-12-8-13(4-6-17(12)2)18-11-16-10-14(18)9-15-5-7-19-3/h10-13,15H,4-9H2,1-3H3. The van der Waals surface area contributed by atoms with Crippen molar-refractivity contribution in [3.05, 3.63) is 18.2 Å². The average Bonchev–Trinajstić information content (AvgIpc) is 2.86. The summed E-state index contributed by atoms with van der Waals surface area (Å²) in [7, 11) is 3.94. The van der Waals surface area contributed by atoms with E-state index < -0.39 is 0 Å². The summed E-state index contributed by atoms with van der Waals surface area (Å²) < 4.78 is 7.39. The summed E-state index contributed by atoms with van der Waals surface area (Å²) in [5.74, 6) is 0. The van der Waals surface area contributed by atoms with Crippen LogP contribution in [0.5, 0.6) is 0 Å². The van der Waals surface area contributed by atoms with Crippen LogP contribution < -0.4 is 5.32 Å². The van der Waals surface area contributed by atoms with E-state index in [1.54, 1.807) is 7.11 Å². The van der Waals surface area contributed by atoms with Crippen molar-refractivity contribution in [3.63, 3.8) is 0 Å². The van der Waals surface area contributed by atoms with Gasteiger partial charge in [-0.25, -0.2) is 4.98 Å². The van der Waals surface area contributed by atoms with Crippen LogP contribution in [0.15, 0.2) is 12.5 Å². The lowest BCUT2D eigenvalue weighted by Crippen LogP contribution is -2.38. The molecule has 1 aromatic rings. The second kappa shape index (κ2) is 7.03. The number of likely N-dealkylation sites (tertiary alicyclic amines) is 1. The normalized spacial score (nSPS) is 24.8. The molecule has 1 saturated heterocycles. The minimum absolute atomic E-state index is 0.591. The Labute approximate surface area is 116 Å². The molecule has 1 aliphatic rings. The molecule has 1 aliphatic heterocycles. The number of methoxy groups -OCH3 is 1. The second-order valence-electron chi connectivity index (χ2n) is 5.47. The van der Waals surface area contributed by atoms with E-state index in [-0.39, 0.29) is 0 Å². The molecule has 5 nitrogen and oxygen atoms in total. The molecule has 5 heteroatoms. The molecular formula is C14H26N4O. The van der Waals surface area contributed by atoms with Crippen molar-refractivity contribution < 1.29 is 4.74 Å². The SMILES string of the molecule is COCCNCc1cncn1C1CCN(C)C(C)C1. The number of ether oxygens (including phenoxy) is 1. The van der Waals surface area contributed by atoms with Crippen molar-refractivity contribution >= 4 is 0 Å². The Morgan fingerprint density at radius 1 is 1.53 bits per heavy atom. The third-order valence-electron chi connectivity index (χ3n) is 4.11. The second-order valence-corrected chi connectivity index (χ2v) is 5.47. The Hall–Kier alpha value is -0.910. The van der Waals surface area contributed by atoms with Gasteiger partial charge in [-0.2, -0.15) is 0 Å². The molecule has 2 heterocycles. The Bertz CT molecular complexity index is 379. The monoisotopic (exact) mass is 266 g/mol. The van der Waals surface area contributed by atoms with E-state index in [9.17, 15) is 0 Å². The predicted octanol–water partition coefficient (Wildman–Crippen LogP) is 1.27. The van der Waals surface area contributed by atoms with Crippen LogP contribution in [0, 0.1) is 0 Å². The fraction of sp³-hybridized carbons (Fsp3) is 0.786. The van der Waals surface area contributed by atoms with Crippen LogP contribution in [0.1, 0.15) is 31.5 Å². The van der Waals surface area contributed by atoms with Crippen molar-refractivity contribution in [1.82, 2.24) is 19.8 Å². The summed E-state index contributed by atoms with van der Waals surface area (Å²) in [6.45, 7) is 5.97. The van der Waals surface area contributed by atoms with Crippen LogP contribution in [0.4, 0.5) is 0 Å². The molecule has 0 radical (unpaired) electrons. The van der Waals surface area contributed by atoms with Crippen LogP contribution >= 0.6 is 0 Å². The number of imidazole rings is 1. The quantitative estimate of drug-likeness (QED) is 0.788. The number of nitrogens with zero attached hydrogens (tertiary/aromatic N) is 3. The van der Waals surface area contributed by atoms with Crippen molar-refractivity contribution in [2.24, 2.45) is 0 Å². The topological polar surface area (TPSA) is 42.3 Å². The maximum Gasteiger partial charge on any atom is 0.0951 e. The Morgan fingerprint density at radius 2 is 2.37 bits per heavy atom. The highest BCUT2D eigenvalue weighted by atomic mass is 16.5. The lowest BCUT2D eigenvalue weighted by molar-refractivity contribution is 0.155. The van der Waals surface area contributed by atoms with Crippen LogP contribution in [0.2, 0.25) is 0 Å². The molecule has 0 amide bonds. The van der Waals surface area contributed by atoms with Crippen molar-refractivity contribution in [1.29, 1.82) is 0 Å². The molecule has 108 valence electrons. The summed E-state index contributed by atoms with van der Waals surface area (Å²) in [6.07, 6.45) is 6.37. The first-order chi connectivity index (χ1) is 9.22. The molecule has 19 heavy (non-hydrogen) atoms. The van der Waals surface area contributed by atoms with E-state index in [0.717, 1.165) is 19.7 Å². The molecule has 2 unspecified atom stereocenters. The lowest BCUT2D eigenvalue weighted by Gasteiger charge is -2.36. The first kappa shape index (κ1) is 14.5. The number of hydrogen-bond acceptors (Lipinski definition) is 4. The van der Waals surface area contributed by atoms with Crippen LogP contribution in [0.3, 0.4) is 0 Å². The highest BCUT2D eigenvalue weighted by Crippen LogP contribution is 2.26. The minimum Gasteiger partial charge on any atom is -0.383 e. The number of aromatic nitrogens is 2. The van der Waals surface area contributed by atoms with Gasteiger partial charge < -0.3 is 19.5 Å². The highest BCUT2D eigenvalue weighted by molar-refractivity contribution is 5.01. The largest absolute Gasteiger partial charge is 0.383 e. The van der Waals surface area contributed by atoms with Gasteiger partial charge in [0.05, 0.1) is 18.6 Å². The van der Waals surface area contributed by atoms with Gasteiger partial charge >= 0.3 is 0 Å². The highest BCUT2D eigenvalue weighted by Gasteiger charge is 2.24. The summed E-state index contributed by atoms with van der Waals surface area (Å²) in [4.78, 5) is 6.75. The average molecular weight is 266 g/mol. The molecule has 2 atom stereocenters. The van der Waals surface area contributed by atoms with Crippen molar-refractivity contribution in [3.8, 4) is 0 Å². The van der Waals surface area contributed by atoms with Gasteiger partial charge in [0.25, 0.3) is 0 Å². The van der Waals surface area contributed by atoms with Gasteiger partial charge in [-0.3, -0.25) is 0 Å². The molecule has 1 aromatic heterocycles. The molecule has 1 fully saturated rings. The Balaban J connectivity index is 1.91. The van der Waals surface area contributed by atoms with E-state index in [2.05, 4.69) is 33.7 Å². The van der Waals surface area contributed by atoms with Gasteiger partial charge in [-0.15, -0.1) is 0 Å². The van der Waals surface area contributed by atoms with E-state index in [0.29, 0.717) is 12.1 Å². The van der Waals surface area contributed by atoms with Gasteiger partial charge in [0.2, 0.25) is 0 Å². The van der Waals surface area contributed by atoms with Gasteiger partial charge in [-0.05, 0) is 26.8 Å². The van der Waals surface area contributed by atoms with E-state index in [1.165, 1.54) is 25.1 Å². The molecule has 0 bridgehead atoms. The van der Waals surface area contributed by atoms with Crippen molar-refractivity contribution in [2.45, 2.75) is 38.4 Å². The maximum absolute atomic E-state index is 5.04. The van der Waals surface area contributed by atoms with Crippen LogP contribution in [0.25, 0.3) is 0 Å². The molecule has 0 aromatic carbocycles. The molecular weight excluding hydrogens is 240 g/mol. The maximum atomic E-state index is 5.04. The predicted molar refractivity (Wildman–Crippen MR) is 76.2 cm³/mol. The zero-order valence-electron chi connectivity index (χ0n) is 12.3.